The molecular formula is C15H13ClF2N2O. The largest absolute Gasteiger partial charge is 0.323 e. The van der Waals surface area contributed by atoms with Gasteiger partial charge >= 0.3 is 6.03 Å². The van der Waals surface area contributed by atoms with E-state index >= 15 is 0 Å². The molecule has 0 fully saturated rings. The van der Waals surface area contributed by atoms with Gasteiger partial charge in [-0.1, -0.05) is 29.8 Å². The summed E-state index contributed by atoms with van der Waals surface area (Å²) in [5, 5.41) is 3.07. The van der Waals surface area contributed by atoms with E-state index in [4.69, 9.17) is 11.6 Å². The number of nitrogens with zero attached hydrogens (tertiary/aromatic N) is 1. The monoisotopic (exact) mass is 310 g/mol. The normalized spacial score (nSPS) is 10.3. The number of nitrogens with one attached hydrogen (secondary N) is 1. The number of hydrogen-bond acceptors (Lipinski definition) is 1. The van der Waals surface area contributed by atoms with Gasteiger partial charge in [-0.2, -0.15) is 0 Å². The molecule has 0 aliphatic heterocycles. The van der Waals surface area contributed by atoms with E-state index in [0.29, 0.717) is 16.3 Å². The fourth-order valence-electron chi connectivity index (χ4n) is 1.76. The average molecular weight is 311 g/mol. The summed E-state index contributed by atoms with van der Waals surface area (Å²) < 4.78 is 26.0. The van der Waals surface area contributed by atoms with Gasteiger partial charge in [-0.05, 0) is 29.8 Å². The number of carbonyl (C=O) groups excluding carboxylic acids is 1. The molecule has 0 aliphatic rings. The highest BCUT2D eigenvalue weighted by atomic mass is 35.5. The molecule has 0 bridgehead atoms. The van der Waals surface area contributed by atoms with Gasteiger partial charge < -0.3 is 10.2 Å². The molecule has 2 aromatic rings. The van der Waals surface area contributed by atoms with Crippen molar-refractivity contribution in [2.45, 2.75) is 6.54 Å². The standard InChI is InChI=1S/C15H13ClF2N2O/c1-20(9-10-6-7-12(17)13(18)8-10)15(21)19-14-5-3-2-4-11(14)16/h2-8H,9H2,1H3,(H,19,21). The van der Waals surface area contributed by atoms with Crippen LogP contribution in [0.2, 0.25) is 5.02 Å². The molecular weight excluding hydrogens is 298 g/mol. The van der Waals surface area contributed by atoms with Crippen LogP contribution in [0.15, 0.2) is 42.5 Å². The molecule has 0 unspecified atom stereocenters. The molecule has 2 aromatic carbocycles. The number of benzene rings is 2. The SMILES string of the molecule is CN(Cc1ccc(F)c(F)c1)C(=O)Nc1ccccc1Cl. The third-order valence-electron chi connectivity index (χ3n) is 2.87. The molecule has 110 valence electrons. The lowest BCUT2D eigenvalue weighted by Gasteiger charge is -2.18. The predicted octanol–water partition coefficient (Wildman–Crippen LogP) is 4.28. The second-order valence-corrected chi connectivity index (χ2v) is 4.92. The summed E-state index contributed by atoms with van der Waals surface area (Å²) in [6.07, 6.45) is 0. The minimum absolute atomic E-state index is 0.146. The van der Waals surface area contributed by atoms with E-state index in [9.17, 15) is 13.6 Å². The average Bonchev–Trinajstić information content (AvgIpc) is 2.45. The van der Waals surface area contributed by atoms with E-state index in [1.807, 2.05) is 0 Å². The van der Waals surface area contributed by atoms with Crippen LogP contribution in [-0.4, -0.2) is 18.0 Å². The highest BCUT2D eigenvalue weighted by Gasteiger charge is 2.12. The van der Waals surface area contributed by atoms with Crippen molar-refractivity contribution in [2.24, 2.45) is 0 Å². The molecule has 0 saturated heterocycles. The second kappa shape index (κ2) is 6.54. The van der Waals surface area contributed by atoms with Gasteiger partial charge in [0.2, 0.25) is 0 Å². The lowest BCUT2D eigenvalue weighted by Crippen LogP contribution is -2.31. The zero-order valence-corrected chi connectivity index (χ0v) is 12.0. The number of halogens is 3. The Labute approximate surface area is 126 Å². The summed E-state index contributed by atoms with van der Waals surface area (Å²) in [5.41, 5.74) is 0.979. The Balaban J connectivity index is 2.02. The lowest BCUT2D eigenvalue weighted by atomic mass is 10.2. The molecule has 1 N–H and O–H groups in total. The summed E-state index contributed by atoms with van der Waals surface area (Å²) in [6, 6.07) is 9.96. The number of carbonyl (C=O) groups is 1. The van der Waals surface area contributed by atoms with Gasteiger partial charge in [0, 0.05) is 13.6 Å². The first kappa shape index (κ1) is 15.3. The molecule has 0 aromatic heterocycles. The molecule has 6 heteroatoms. The number of anilines is 1. The number of para-hydroxylation sites is 1. The van der Waals surface area contributed by atoms with Crippen LogP contribution in [0.1, 0.15) is 5.56 Å². The molecule has 2 amide bonds. The maximum absolute atomic E-state index is 13.1. The summed E-state index contributed by atoms with van der Waals surface area (Å²) in [5.74, 6) is -1.85. The van der Waals surface area contributed by atoms with Gasteiger partial charge in [0.25, 0.3) is 0 Å². The molecule has 0 radical (unpaired) electrons. The third kappa shape index (κ3) is 3.92. The van der Waals surface area contributed by atoms with E-state index in [0.717, 1.165) is 12.1 Å². The first-order chi connectivity index (χ1) is 9.97. The van der Waals surface area contributed by atoms with Crippen LogP contribution < -0.4 is 5.32 Å². The van der Waals surface area contributed by atoms with Gasteiger partial charge in [0.1, 0.15) is 0 Å². The summed E-state index contributed by atoms with van der Waals surface area (Å²) in [4.78, 5) is 13.4. The predicted molar refractivity (Wildman–Crippen MR) is 78.3 cm³/mol. The van der Waals surface area contributed by atoms with Crippen molar-refractivity contribution in [3.63, 3.8) is 0 Å². The third-order valence-corrected chi connectivity index (χ3v) is 3.20. The van der Waals surface area contributed by atoms with Crippen LogP contribution in [0.5, 0.6) is 0 Å². The Bertz CT molecular complexity index is 664. The summed E-state index contributed by atoms with van der Waals surface area (Å²) in [6.45, 7) is 0.146. The Morgan fingerprint density at radius 1 is 1.19 bits per heavy atom. The smallest absolute Gasteiger partial charge is 0.321 e. The van der Waals surface area contributed by atoms with Crippen molar-refractivity contribution in [3.8, 4) is 0 Å². The number of hydrogen-bond donors (Lipinski definition) is 1. The minimum Gasteiger partial charge on any atom is -0.323 e. The lowest BCUT2D eigenvalue weighted by molar-refractivity contribution is 0.220. The van der Waals surface area contributed by atoms with Gasteiger partial charge in [-0.3, -0.25) is 0 Å². The second-order valence-electron chi connectivity index (χ2n) is 4.51. The Morgan fingerprint density at radius 3 is 2.57 bits per heavy atom. The van der Waals surface area contributed by atoms with E-state index < -0.39 is 17.7 Å². The van der Waals surface area contributed by atoms with Crippen molar-refractivity contribution in [2.75, 3.05) is 12.4 Å². The van der Waals surface area contributed by atoms with Crippen LogP contribution in [0.25, 0.3) is 0 Å². The van der Waals surface area contributed by atoms with Gasteiger partial charge in [-0.15, -0.1) is 0 Å². The highest BCUT2D eigenvalue weighted by molar-refractivity contribution is 6.33. The van der Waals surface area contributed by atoms with Gasteiger partial charge in [-0.25, -0.2) is 13.6 Å². The molecule has 0 aliphatic carbocycles. The fraction of sp³-hybridized carbons (Fsp3) is 0.133. The van der Waals surface area contributed by atoms with E-state index in [2.05, 4.69) is 5.32 Å². The highest BCUT2D eigenvalue weighted by Crippen LogP contribution is 2.21. The molecule has 0 saturated carbocycles. The van der Waals surface area contributed by atoms with Crippen LogP contribution in [-0.2, 0) is 6.54 Å². The summed E-state index contributed by atoms with van der Waals surface area (Å²) in [7, 11) is 1.55. The maximum Gasteiger partial charge on any atom is 0.321 e. The molecule has 0 heterocycles. The van der Waals surface area contributed by atoms with Crippen LogP contribution >= 0.6 is 11.6 Å². The molecule has 3 nitrogen and oxygen atoms in total. The maximum atomic E-state index is 13.1. The van der Waals surface area contributed by atoms with E-state index in [1.54, 1.807) is 31.3 Å². The Hall–Kier alpha value is -2.14. The van der Waals surface area contributed by atoms with E-state index in [1.165, 1.54) is 11.0 Å². The first-order valence-corrected chi connectivity index (χ1v) is 6.56. The van der Waals surface area contributed by atoms with Crippen molar-refractivity contribution >= 4 is 23.3 Å². The fourth-order valence-corrected chi connectivity index (χ4v) is 1.94. The Morgan fingerprint density at radius 2 is 1.90 bits per heavy atom. The number of urea groups is 1. The van der Waals surface area contributed by atoms with E-state index in [-0.39, 0.29) is 6.54 Å². The van der Waals surface area contributed by atoms with Crippen molar-refractivity contribution in [3.05, 3.63) is 64.7 Å². The topological polar surface area (TPSA) is 32.3 Å². The van der Waals surface area contributed by atoms with Gasteiger partial charge in [0.15, 0.2) is 11.6 Å². The zero-order valence-electron chi connectivity index (χ0n) is 11.2. The number of amides is 2. The van der Waals surface area contributed by atoms with Gasteiger partial charge in [0.05, 0.1) is 10.7 Å². The molecule has 2 rings (SSSR count). The molecule has 0 atom stereocenters. The minimum atomic E-state index is -0.938. The number of rotatable bonds is 3. The van der Waals surface area contributed by atoms with Crippen molar-refractivity contribution in [1.29, 1.82) is 0 Å². The quantitative estimate of drug-likeness (QED) is 0.901. The summed E-state index contributed by atoms with van der Waals surface area (Å²) >= 11 is 5.95. The Kier molecular flexibility index (Phi) is 4.75. The first-order valence-electron chi connectivity index (χ1n) is 6.18. The molecule has 0 spiro atoms. The zero-order chi connectivity index (χ0) is 15.4. The van der Waals surface area contributed by atoms with Crippen LogP contribution in [0, 0.1) is 11.6 Å². The van der Waals surface area contributed by atoms with Crippen molar-refractivity contribution < 1.29 is 13.6 Å². The molecule has 21 heavy (non-hydrogen) atoms. The van der Waals surface area contributed by atoms with Crippen molar-refractivity contribution in [1.82, 2.24) is 4.90 Å². The van der Waals surface area contributed by atoms with Crippen LogP contribution in [0.4, 0.5) is 19.3 Å². The van der Waals surface area contributed by atoms with Crippen LogP contribution in [0.3, 0.4) is 0 Å².